The van der Waals surface area contributed by atoms with E-state index >= 15 is 0 Å². The molecule has 118 valence electrons. The maximum Gasteiger partial charge on any atom is 0.331 e. The minimum atomic E-state index is -0.585. The van der Waals surface area contributed by atoms with Crippen molar-refractivity contribution in [2.24, 2.45) is 0 Å². The van der Waals surface area contributed by atoms with Crippen molar-refractivity contribution in [2.75, 3.05) is 32.2 Å². The molecule has 0 saturated heterocycles. The molecule has 0 radical (unpaired) electrons. The number of benzene rings is 1. The summed E-state index contributed by atoms with van der Waals surface area (Å²) in [5.41, 5.74) is 1.05. The number of hydrogen-bond acceptors (Lipinski definition) is 5. The van der Waals surface area contributed by atoms with E-state index in [4.69, 9.17) is 4.74 Å². The average Bonchev–Trinajstić information content (AvgIpc) is 2.45. The van der Waals surface area contributed by atoms with Crippen LogP contribution >= 0.6 is 24.8 Å². The molecule has 21 heavy (non-hydrogen) atoms. The number of carbonyl (C=O) groups is 2. The number of rotatable bonds is 6. The van der Waals surface area contributed by atoms with E-state index < -0.39 is 11.9 Å². The van der Waals surface area contributed by atoms with E-state index in [1.54, 1.807) is 0 Å². The molecule has 0 aliphatic heterocycles. The highest BCUT2D eigenvalue weighted by Gasteiger charge is 2.02. The zero-order valence-corrected chi connectivity index (χ0v) is 13.5. The Bertz CT molecular complexity index is 452. The third-order valence-corrected chi connectivity index (χ3v) is 2.42. The Morgan fingerprint density at radius 1 is 1.10 bits per heavy atom. The minimum absolute atomic E-state index is 0. The van der Waals surface area contributed by atoms with Crippen molar-refractivity contribution in [1.82, 2.24) is 0 Å². The Balaban J connectivity index is 0. The number of likely N-dealkylation sites (N-methyl/N-ethyl adjacent to an activating group) is 1. The van der Waals surface area contributed by atoms with Gasteiger partial charge in [-0.15, -0.1) is 24.8 Å². The number of ether oxygens (including phenoxy) is 2. The molecule has 0 aliphatic rings. The second-order valence-electron chi connectivity index (χ2n) is 3.78. The van der Waals surface area contributed by atoms with Crippen LogP contribution in [-0.2, 0) is 19.1 Å². The van der Waals surface area contributed by atoms with Gasteiger partial charge in [0.2, 0.25) is 0 Å². The van der Waals surface area contributed by atoms with Gasteiger partial charge in [0.05, 0.1) is 13.7 Å². The van der Waals surface area contributed by atoms with Crippen molar-refractivity contribution in [3.05, 3.63) is 42.5 Å². The molecule has 5 nitrogen and oxygen atoms in total. The number of methoxy groups -OCH3 is 1. The van der Waals surface area contributed by atoms with Crippen molar-refractivity contribution < 1.29 is 19.1 Å². The van der Waals surface area contributed by atoms with Crippen molar-refractivity contribution in [3.63, 3.8) is 0 Å². The lowest BCUT2D eigenvalue weighted by Gasteiger charge is -2.18. The molecule has 0 spiro atoms. The van der Waals surface area contributed by atoms with Gasteiger partial charge in [0.25, 0.3) is 0 Å². The van der Waals surface area contributed by atoms with E-state index in [0.29, 0.717) is 6.54 Å². The Hall–Kier alpha value is -1.72. The molecule has 0 atom stereocenters. The monoisotopic (exact) mass is 335 g/mol. The molecule has 0 saturated carbocycles. The highest BCUT2D eigenvalue weighted by Crippen LogP contribution is 2.09. The lowest BCUT2D eigenvalue weighted by atomic mass is 10.3. The van der Waals surface area contributed by atoms with Gasteiger partial charge in [0, 0.05) is 24.9 Å². The van der Waals surface area contributed by atoms with E-state index in [1.807, 2.05) is 42.3 Å². The summed E-state index contributed by atoms with van der Waals surface area (Å²) in [5, 5.41) is 0. The van der Waals surface area contributed by atoms with Gasteiger partial charge in [0.15, 0.2) is 0 Å². The van der Waals surface area contributed by atoms with Gasteiger partial charge >= 0.3 is 11.9 Å². The predicted molar refractivity (Wildman–Crippen MR) is 86.3 cm³/mol. The number of hydrogen-bond donors (Lipinski definition) is 0. The van der Waals surface area contributed by atoms with E-state index in [2.05, 4.69) is 4.74 Å². The largest absolute Gasteiger partial charge is 0.466 e. The number of halogens is 2. The Morgan fingerprint density at radius 2 is 1.67 bits per heavy atom. The number of anilines is 1. The highest BCUT2D eigenvalue weighted by molar-refractivity contribution is 5.91. The van der Waals surface area contributed by atoms with E-state index in [1.165, 1.54) is 7.11 Å². The van der Waals surface area contributed by atoms with Crippen molar-refractivity contribution in [1.29, 1.82) is 0 Å². The summed E-state index contributed by atoms with van der Waals surface area (Å²) in [6, 6.07) is 9.76. The normalized spacial score (nSPS) is 9.24. The van der Waals surface area contributed by atoms with Crippen LogP contribution in [0.2, 0.25) is 0 Å². The fraction of sp³-hybridized carbons (Fsp3) is 0.286. The first-order valence-electron chi connectivity index (χ1n) is 5.82. The van der Waals surface area contributed by atoms with Crippen molar-refractivity contribution in [2.45, 2.75) is 0 Å². The van der Waals surface area contributed by atoms with Crippen LogP contribution in [0.15, 0.2) is 42.5 Å². The van der Waals surface area contributed by atoms with Crippen molar-refractivity contribution >= 4 is 42.4 Å². The van der Waals surface area contributed by atoms with Crippen LogP contribution in [-0.4, -0.2) is 39.2 Å². The third kappa shape index (κ3) is 8.94. The molecule has 0 aliphatic carbocycles. The molecule has 0 fully saturated rings. The second kappa shape index (κ2) is 12.1. The summed E-state index contributed by atoms with van der Waals surface area (Å²) in [6.45, 7) is 0.817. The number of nitrogens with zero attached hydrogens (tertiary/aromatic N) is 1. The van der Waals surface area contributed by atoms with Crippen LogP contribution in [0.25, 0.3) is 0 Å². The maximum atomic E-state index is 11.2. The summed E-state index contributed by atoms with van der Waals surface area (Å²) in [6.07, 6.45) is 2.08. The van der Waals surface area contributed by atoms with Crippen LogP contribution in [0.1, 0.15) is 0 Å². The summed E-state index contributed by atoms with van der Waals surface area (Å²) >= 11 is 0. The van der Waals surface area contributed by atoms with E-state index in [-0.39, 0.29) is 31.4 Å². The van der Waals surface area contributed by atoms with E-state index in [9.17, 15) is 9.59 Å². The van der Waals surface area contributed by atoms with Gasteiger partial charge < -0.3 is 14.4 Å². The zero-order valence-electron chi connectivity index (χ0n) is 11.9. The number of carbonyl (C=O) groups excluding carboxylic acids is 2. The highest BCUT2D eigenvalue weighted by atomic mass is 35.5. The molecule has 7 heteroatoms. The van der Waals surface area contributed by atoms with Gasteiger partial charge in [-0.05, 0) is 12.1 Å². The van der Waals surface area contributed by atoms with Crippen LogP contribution < -0.4 is 4.90 Å². The topological polar surface area (TPSA) is 55.8 Å². The summed E-state index contributed by atoms with van der Waals surface area (Å²) in [5.74, 6) is -1.15. The van der Waals surface area contributed by atoms with Crippen LogP contribution in [0.4, 0.5) is 5.69 Å². The Kier molecular flexibility index (Phi) is 12.4. The van der Waals surface area contributed by atoms with Gasteiger partial charge in [0.1, 0.15) is 6.61 Å². The molecular formula is C14H19Cl2NO4. The molecule has 0 heterocycles. The van der Waals surface area contributed by atoms with Gasteiger partial charge in [-0.2, -0.15) is 0 Å². The van der Waals surface area contributed by atoms with Gasteiger partial charge in [-0.1, -0.05) is 18.2 Å². The maximum absolute atomic E-state index is 11.2. The molecule has 0 bridgehead atoms. The fourth-order valence-corrected chi connectivity index (χ4v) is 1.35. The first-order valence-corrected chi connectivity index (χ1v) is 5.82. The van der Waals surface area contributed by atoms with Crippen molar-refractivity contribution in [3.8, 4) is 0 Å². The predicted octanol–water partition coefficient (Wildman–Crippen LogP) is 2.24. The van der Waals surface area contributed by atoms with Gasteiger partial charge in [-0.25, -0.2) is 9.59 Å². The Morgan fingerprint density at radius 3 is 2.24 bits per heavy atom. The molecule has 1 rings (SSSR count). The number of para-hydroxylation sites is 1. The smallest absolute Gasteiger partial charge is 0.331 e. The molecule has 1 aromatic carbocycles. The lowest BCUT2D eigenvalue weighted by molar-refractivity contribution is -0.139. The first kappa shape index (κ1) is 21.6. The molecular weight excluding hydrogens is 317 g/mol. The molecule has 0 aromatic heterocycles. The second-order valence-corrected chi connectivity index (χ2v) is 3.78. The van der Waals surface area contributed by atoms with E-state index in [0.717, 1.165) is 17.8 Å². The number of esters is 2. The fourth-order valence-electron chi connectivity index (χ4n) is 1.35. The van der Waals surface area contributed by atoms with Crippen LogP contribution in [0, 0.1) is 0 Å². The summed E-state index contributed by atoms with van der Waals surface area (Å²) in [4.78, 5) is 24.0. The van der Waals surface area contributed by atoms with Gasteiger partial charge in [-0.3, -0.25) is 0 Å². The quantitative estimate of drug-likeness (QED) is 0.589. The third-order valence-electron chi connectivity index (χ3n) is 2.42. The van der Waals surface area contributed by atoms with Crippen LogP contribution in [0.5, 0.6) is 0 Å². The zero-order chi connectivity index (χ0) is 14.1. The molecule has 0 unspecified atom stereocenters. The average molecular weight is 336 g/mol. The standard InChI is InChI=1S/C14H17NO4.2ClH/c1-15(12-6-4-3-5-7-12)10-11-19-14(17)9-8-13(16)18-2;;/h3-9H,10-11H2,1-2H3;2*1H/b9-8+;;. The molecule has 0 amide bonds. The molecule has 1 aromatic rings. The van der Waals surface area contributed by atoms with Crippen LogP contribution in [0.3, 0.4) is 0 Å². The lowest BCUT2D eigenvalue weighted by Crippen LogP contribution is -2.23. The SMILES string of the molecule is COC(=O)/C=C/C(=O)OCCN(C)c1ccccc1.Cl.Cl. The summed E-state index contributed by atoms with van der Waals surface area (Å²) in [7, 11) is 3.15. The summed E-state index contributed by atoms with van der Waals surface area (Å²) < 4.78 is 9.31. The Labute approximate surface area is 136 Å². The molecule has 0 N–H and O–H groups in total. The first-order chi connectivity index (χ1) is 9.13. The minimum Gasteiger partial charge on any atom is -0.466 e.